The molecule has 1 heterocycles. The molecule has 0 amide bonds. The number of aryl methyl sites for hydroxylation is 1. The summed E-state index contributed by atoms with van der Waals surface area (Å²) in [6, 6.07) is 7.42. The summed E-state index contributed by atoms with van der Waals surface area (Å²) in [5.74, 6) is -0.270. The first-order valence-corrected chi connectivity index (χ1v) is 7.93. The van der Waals surface area contributed by atoms with E-state index in [9.17, 15) is 4.79 Å². The molecule has 0 radical (unpaired) electrons. The summed E-state index contributed by atoms with van der Waals surface area (Å²) in [5.41, 5.74) is 10.4. The number of carbonyl (C=O) groups is 1. The molecule has 6 nitrogen and oxygen atoms in total. The number of esters is 1. The lowest BCUT2D eigenvalue weighted by Crippen LogP contribution is -2.45. The van der Waals surface area contributed by atoms with Crippen LogP contribution in [-0.2, 0) is 16.0 Å². The first-order valence-electron chi connectivity index (χ1n) is 7.93. The predicted octanol–water partition coefficient (Wildman–Crippen LogP) is 3.85. The van der Waals surface area contributed by atoms with Crippen LogP contribution in [-0.4, -0.2) is 30.2 Å². The van der Waals surface area contributed by atoms with Gasteiger partial charge in [0, 0.05) is 17.1 Å². The number of anilines is 1. The minimum Gasteiger partial charge on any atom is -0.458 e. The van der Waals surface area contributed by atoms with Crippen LogP contribution in [0.2, 0.25) is 0 Å². The van der Waals surface area contributed by atoms with Crippen molar-refractivity contribution in [1.82, 2.24) is 0 Å². The highest BCUT2D eigenvalue weighted by atomic mass is 16.6. The molecule has 0 saturated heterocycles. The van der Waals surface area contributed by atoms with Gasteiger partial charge in [-0.25, -0.2) is 4.79 Å². The van der Waals surface area contributed by atoms with Gasteiger partial charge < -0.3 is 9.64 Å². The molecule has 2 rings (SSSR count). The average Bonchev–Trinajstić information content (AvgIpc) is 2.65. The fraction of sp³-hybridized carbons (Fsp3) is 0.588. The summed E-state index contributed by atoms with van der Waals surface area (Å²) in [4.78, 5) is 17.4. The fourth-order valence-corrected chi connectivity index (χ4v) is 2.79. The first kappa shape index (κ1) is 17.2. The summed E-state index contributed by atoms with van der Waals surface area (Å²) >= 11 is 0. The molecule has 124 valence electrons. The zero-order valence-corrected chi connectivity index (χ0v) is 14.2. The largest absolute Gasteiger partial charge is 0.458 e. The van der Waals surface area contributed by atoms with Gasteiger partial charge in [0.2, 0.25) is 0 Å². The molecule has 0 saturated carbocycles. The van der Waals surface area contributed by atoms with Crippen molar-refractivity contribution in [2.24, 2.45) is 5.11 Å². The van der Waals surface area contributed by atoms with Crippen LogP contribution in [0.25, 0.3) is 10.4 Å². The van der Waals surface area contributed by atoms with E-state index in [1.165, 1.54) is 5.56 Å². The number of hydrogen-bond acceptors (Lipinski definition) is 4. The van der Waals surface area contributed by atoms with Gasteiger partial charge in [-0.1, -0.05) is 23.3 Å². The number of ether oxygens (including phenoxy) is 1. The van der Waals surface area contributed by atoms with E-state index >= 15 is 0 Å². The Bertz CT molecular complexity index is 617. The van der Waals surface area contributed by atoms with Crippen molar-refractivity contribution in [3.8, 4) is 0 Å². The van der Waals surface area contributed by atoms with Gasteiger partial charge in [0.1, 0.15) is 11.6 Å². The van der Waals surface area contributed by atoms with E-state index in [4.69, 9.17) is 10.3 Å². The third kappa shape index (κ3) is 4.39. The van der Waals surface area contributed by atoms with Gasteiger partial charge in [-0.15, -0.1) is 0 Å². The van der Waals surface area contributed by atoms with E-state index in [1.54, 1.807) is 0 Å². The van der Waals surface area contributed by atoms with Gasteiger partial charge in [-0.3, -0.25) is 0 Å². The number of para-hydroxylation sites is 1. The van der Waals surface area contributed by atoms with Gasteiger partial charge in [0.15, 0.2) is 0 Å². The fourth-order valence-electron chi connectivity index (χ4n) is 2.79. The molecule has 2 atom stereocenters. The van der Waals surface area contributed by atoms with Crippen molar-refractivity contribution in [2.75, 3.05) is 11.4 Å². The zero-order chi connectivity index (χ0) is 17.0. The van der Waals surface area contributed by atoms with E-state index in [1.807, 2.05) is 50.8 Å². The lowest BCUT2D eigenvalue weighted by Gasteiger charge is -2.33. The second-order valence-corrected chi connectivity index (χ2v) is 6.89. The van der Waals surface area contributed by atoms with Crippen molar-refractivity contribution < 1.29 is 9.53 Å². The van der Waals surface area contributed by atoms with Crippen LogP contribution in [0.1, 0.15) is 39.7 Å². The van der Waals surface area contributed by atoms with Crippen molar-refractivity contribution in [2.45, 2.75) is 58.2 Å². The lowest BCUT2D eigenvalue weighted by atomic mass is 10.1. The summed E-state index contributed by atoms with van der Waals surface area (Å²) < 4.78 is 5.52. The minimum atomic E-state index is -0.527. The maximum Gasteiger partial charge on any atom is 0.328 e. The molecular weight excluding hydrogens is 292 g/mol. The number of carbonyl (C=O) groups excluding carboxylic acids is 1. The van der Waals surface area contributed by atoms with Gasteiger partial charge in [0.05, 0.1) is 6.04 Å². The topological polar surface area (TPSA) is 78.3 Å². The van der Waals surface area contributed by atoms with E-state index in [2.05, 4.69) is 16.1 Å². The summed E-state index contributed by atoms with van der Waals surface area (Å²) in [6.07, 6.45) is 1.61. The smallest absolute Gasteiger partial charge is 0.328 e. The molecule has 0 aliphatic carbocycles. The second kappa shape index (κ2) is 6.92. The molecule has 0 fully saturated rings. The van der Waals surface area contributed by atoms with Crippen LogP contribution in [0.4, 0.5) is 5.69 Å². The standard InChI is InChI=1S/C17H24N4O2/c1-12(16(22)23-17(2,3)4)21-11-14(19-20-18)10-9-13-7-5-6-8-15(13)21/h5-8,12,14H,9-11H2,1-4H3. The minimum absolute atomic E-state index is 0.155. The quantitative estimate of drug-likeness (QED) is 0.368. The molecule has 0 N–H and O–H groups in total. The van der Waals surface area contributed by atoms with Gasteiger partial charge in [-0.2, -0.15) is 0 Å². The third-order valence-corrected chi connectivity index (χ3v) is 3.89. The van der Waals surface area contributed by atoms with Gasteiger partial charge >= 0.3 is 5.97 Å². The van der Waals surface area contributed by atoms with Crippen LogP contribution >= 0.6 is 0 Å². The third-order valence-electron chi connectivity index (χ3n) is 3.89. The predicted molar refractivity (Wildman–Crippen MR) is 90.4 cm³/mol. The monoisotopic (exact) mass is 316 g/mol. The molecule has 23 heavy (non-hydrogen) atoms. The van der Waals surface area contributed by atoms with Crippen molar-refractivity contribution in [3.63, 3.8) is 0 Å². The Hall–Kier alpha value is -2.20. The SMILES string of the molecule is CC(C(=O)OC(C)(C)C)N1CC(N=[N+]=[N-])CCc2ccccc21. The van der Waals surface area contributed by atoms with E-state index in [-0.39, 0.29) is 12.0 Å². The number of azide groups is 1. The van der Waals surface area contributed by atoms with Gasteiger partial charge in [-0.05, 0) is 57.7 Å². The van der Waals surface area contributed by atoms with Crippen LogP contribution < -0.4 is 4.90 Å². The molecule has 1 aromatic carbocycles. The molecule has 1 aromatic rings. The molecule has 2 unspecified atom stereocenters. The van der Waals surface area contributed by atoms with Crippen LogP contribution in [0, 0.1) is 0 Å². The number of rotatable bonds is 3. The Morgan fingerprint density at radius 1 is 1.43 bits per heavy atom. The maximum absolute atomic E-state index is 12.5. The highest BCUT2D eigenvalue weighted by Gasteiger charge is 2.31. The van der Waals surface area contributed by atoms with Crippen LogP contribution in [0.15, 0.2) is 29.4 Å². The van der Waals surface area contributed by atoms with Crippen LogP contribution in [0.3, 0.4) is 0 Å². The Morgan fingerprint density at radius 3 is 2.78 bits per heavy atom. The second-order valence-electron chi connectivity index (χ2n) is 6.89. The van der Waals surface area contributed by atoms with E-state index in [0.717, 1.165) is 18.5 Å². The number of hydrogen-bond donors (Lipinski definition) is 0. The van der Waals surface area contributed by atoms with Crippen molar-refractivity contribution >= 4 is 11.7 Å². The maximum atomic E-state index is 12.5. The Morgan fingerprint density at radius 2 is 2.13 bits per heavy atom. The summed E-state index contributed by atoms with van der Waals surface area (Å²) in [6.45, 7) is 7.93. The number of benzene rings is 1. The Balaban J connectivity index is 2.31. The zero-order valence-electron chi connectivity index (χ0n) is 14.2. The van der Waals surface area contributed by atoms with E-state index in [0.29, 0.717) is 6.54 Å². The Labute approximate surface area is 137 Å². The molecular formula is C17H24N4O2. The normalized spacial score (nSPS) is 19.1. The van der Waals surface area contributed by atoms with E-state index < -0.39 is 11.6 Å². The number of fused-ring (bicyclic) bond motifs is 1. The first-order chi connectivity index (χ1) is 10.8. The summed E-state index contributed by atoms with van der Waals surface area (Å²) in [7, 11) is 0. The molecule has 0 bridgehead atoms. The number of nitrogens with zero attached hydrogens (tertiary/aromatic N) is 4. The lowest BCUT2D eigenvalue weighted by molar-refractivity contribution is -0.156. The van der Waals surface area contributed by atoms with Crippen LogP contribution in [0.5, 0.6) is 0 Å². The Kier molecular flexibility index (Phi) is 5.16. The average molecular weight is 316 g/mol. The summed E-state index contributed by atoms with van der Waals surface area (Å²) in [5, 5.41) is 3.88. The van der Waals surface area contributed by atoms with Crippen molar-refractivity contribution in [1.29, 1.82) is 0 Å². The molecule has 1 aliphatic heterocycles. The van der Waals surface area contributed by atoms with Gasteiger partial charge in [0.25, 0.3) is 0 Å². The molecule has 0 aromatic heterocycles. The van der Waals surface area contributed by atoms with Crippen molar-refractivity contribution in [3.05, 3.63) is 40.3 Å². The highest BCUT2D eigenvalue weighted by Crippen LogP contribution is 2.29. The molecule has 6 heteroatoms. The highest BCUT2D eigenvalue weighted by molar-refractivity contribution is 5.80. The molecule has 0 spiro atoms. The molecule has 1 aliphatic rings.